The van der Waals surface area contributed by atoms with Gasteiger partial charge in [-0.1, -0.05) is 35.1 Å². The van der Waals surface area contributed by atoms with Gasteiger partial charge in [-0.15, -0.1) is 0 Å². The van der Waals surface area contributed by atoms with Crippen LogP contribution in [0.2, 0.25) is 5.02 Å². The van der Waals surface area contributed by atoms with Crippen molar-refractivity contribution in [3.63, 3.8) is 0 Å². The first-order valence-electron chi connectivity index (χ1n) is 12.6. The minimum atomic E-state index is -0.632. The van der Waals surface area contributed by atoms with E-state index in [4.69, 9.17) is 27.8 Å². The zero-order valence-electron chi connectivity index (χ0n) is 20.9. The number of ether oxygens (including phenoxy) is 1. The van der Waals surface area contributed by atoms with Gasteiger partial charge in [-0.3, -0.25) is 0 Å². The van der Waals surface area contributed by atoms with Crippen LogP contribution >= 0.6 is 22.9 Å². The minimum absolute atomic E-state index is 0.0738. The van der Waals surface area contributed by atoms with E-state index >= 15 is 4.39 Å². The van der Waals surface area contributed by atoms with E-state index in [0.717, 1.165) is 24.1 Å². The van der Waals surface area contributed by atoms with E-state index in [0.29, 0.717) is 53.5 Å². The molecule has 3 atom stereocenters. The second-order valence-corrected chi connectivity index (χ2v) is 11.6. The summed E-state index contributed by atoms with van der Waals surface area (Å²) in [7, 11) is 2.06. The molecule has 3 unspecified atom stereocenters. The third-order valence-electron chi connectivity index (χ3n) is 7.38. The molecule has 2 aliphatic heterocycles. The number of piperidine rings is 1. The SMILES string of the molecule is CN1CCCC1COc1nc(N2CC(N)CC(O)C2)c2cc(Cl)c(-c3cccc4sc(N)nc34)c(F)c2n1. The second-order valence-electron chi connectivity index (χ2n) is 10.1. The summed E-state index contributed by atoms with van der Waals surface area (Å²) in [6, 6.07) is 7.20. The van der Waals surface area contributed by atoms with E-state index in [1.165, 1.54) is 11.3 Å². The first-order valence-corrected chi connectivity index (χ1v) is 13.8. The number of nitrogen functional groups attached to an aromatic ring is 1. The molecule has 4 heterocycles. The van der Waals surface area contributed by atoms with Gasteiger partial charge in [-0.25, -0.2) is 9.37 Å². The van der Waals surface area contributed by atoms with Crippen molar-refractivity contribution in [1.29, 1.82) is 0 Å². The van der Waals surface area contributed by atoms with Crippen molar-refractivity contribution in [3.8, 4) is 17.1 Å². The standard InChI is InChI=1S/C26H29ClFN7O2S/c1-34-7-3-4-14(34)12-37-26-32-23-17(24(33-26)35-10-13(29)8-15(36)11-35)9-18(27)20(21(23)28)16-5-2-6-19-22(16)31-25(30)38-19/h2,5-6,9,13-15,36H,3-4,7-8,10-12,29H2,1H3,(H2,30,31). The third kappa shape index (κ3) is 4.62. The van der Waals surface area contributed by atoms with E-state index in [1.54, 1.807) is 12.1 Å². The Morgan fingerprint density at radius 1 is 1.24 bits per heavy atom. The molecule has 0 radical (unpaired) electrons. The lowest BCUT2D eigenvalue weighted by Gasteiger charge is -2.35. The molecule has 5 N–H and O–H groups in total. The quantitative estimate of drug-likeness (QED) is 0.337. The number of likely N-dealkylation sites (N-methyl/N-ethyl adjacent to an activating group) is 1. The number of anilines is 2. The van der Waals surface area contributed by atoms with Crippen molar-refractivity contribution in [1.82, 2.24) is 19.9 Å². The fourth-order valence-electron chi connectivity index (χ4n) is 5.52. The van der Waals surface area contributed by atoms with Crippen LogP contribution in [0.3, 0.4) is 0 Å². The topological polar surface area (TPSA) is 127 Å². The molecule has 2 fully saturated rings. The highest BCUT2D eigenvalue weighted by Crippen LogP contribution is 2.42. The zero-order chi connectivity index (χ0) is 26.6. The van der Waals surface area contributed by atoms with Gasteiger partial charge < -0.3 is 31.1 Å². The lowest BCUT2D eigenvalue weighted by molar-refractivity contribution is 0.145. The first kappa shape index (κ1) is 25.4. The highest BCUT2D eigenvalue weighted by molar-refractivity contribution is 7.22. The Kier molecular flexibility index (Phi) is 6.73. The summed E-state index contributed by atoms with van der Waals surface area (Å²) in [6.45, 7) is 2.16. The van der Waals surface area contributed by atoms with Crippen LogP contribution in [-0.4, -0.2) is 76.4 Å². The molecule has 200 valence electrons. The van der Waals surface area contributed by atoms with Gasteiger partial charge in [0.1, 0.15) is 17.9 Å². The summed E-state index contributed by atoms with van der Waals surface area (Å²) in [6.07, 6.45) is 1.96. The third-order valence-corrected chi connectivity index (χ3v) is 8.53. The van der Waals surface area contributed by atoms with E-state index in [1.807, 2.05) is 17.0 Å². The summed E-state index contributed by atoms with van der Waals surface area (Å²) in [5.41, 5.74) is 13.5. The summed E-state index contributed by atoms with van der Waals surface area (Å²) in [4.78, 5) is 17.7. The van der Waals surface area contributed by atoms with Crippen molar-refractivity contribution >= 4 is 55.0 Å². The predicted octanol–water partition coefficient (Wildman–Crippen LogP) is 3.65. The molecule has 2 aromatic carbocycles. The molecule has 0 saturated carbocycles. The molecule has 0 spiro atoms. The van der Waals surface area contributed by atoms with Gasteiger partial charge in [-0.05, 0) is 45.0 Å². The highest BCUT2D eigenvalue weighted by Gasteiger charge is 2.29. The van der Waals surface area contributed by atoms with Crippen LogP contribution < -0.4 is 21.1 Å². The molecule has 9 nitrogen and oxygen atoms in total. The van der Waals surface area contributed by atoms with Crippen LogP contribution in [0.25, 0.3) is 32.2 Å². The second kappa shape index (κ2) is 10.0. The van der Waals surface area contributed by atoms with Crippen molar-refractivity contribution in [2.75, 3.05) is 43.9 Å². The number of benzene rings is 2. The number of likely N-dealkylation sites (tertiary alicyclic amines) is 1. The number of thiazole rings is 1. The maximum Gasteiger partial charge on any atom is 0.319 e. The van der Waals surface area contributed by atoms with Crippen molar-refractivity contribution in [2.24, 2.45) is 5.73 Å². The molecule has 0 amide bonds. The maximum atomic E-state index is 16.4. The van der Waals surface area contributed by atoms with Crippen LogP contribution in [0.4, 0.5) is 15.3 Å². The molecular weight excluding hydrogens is 529 g/mol. The van der Waals surface area contributed by atoms with Crippen molar-refractivity contribution < 1.29 is 14.2 Å². The minimum Gasteiger partial charge on any atom is -0.462 e. The lowest BCUT2D eigenvalue weighted by atomic mass is 10.0. The molecule has 2 aliphatic rings. The van der Waals surface area contributed by atoms with E-state index in [9.17, 15) is 5.11 Å². The molecule has 4 aromatic rings. The van der Waals surface area contributed by atoms with E-state index < -0.39 is 11.9 Å². The number of aliphatic hydroxyl groups excluding tert-OH is 1. The van der Waals surface area contributed by atoms with E-state index in [-0.39, 0.29) is 34.2 Å². The van der Waals surface area contributed by atoms with Crippen molar-refractivity contribution in [2.45, 2.75) is 37.5 Å². The van der Waals surface area contributed by atoms with Crippen LogP contribution in [0.1, 0.15) is 19.3 Å². The van der Waals surface area contributed by atoms with E-state index in [2.05, 4.69) is 26.9 Å². The summed E-state index contributed by atoms with van der Waals surface area (Å²) >= 11 is 8.07. The predicted molar refractivity (Wildman–Crippen MR) is 149 cm³/mol. The number of halogens is 2. The van der Waals surface area contributed by atoms with Crippen LogP contribution in [0.15, 0.2) is 24.3 Å². The summed E-state index contributed by atoms with van der Waals surface area (Å²) < 4.78 is 23.3. The van der Waals surface area contributed by atoms with Crippen LogP contribution in [-0.2, 0) is 0 Å². The van der Waals surface area contributed by atoms with Gasteiger partial charge in [0, 0.05) is 41.7 Å². The van der Waals surface area contributed by atoms with Crippen LogP contribution in [0, 0.1) is 5.82 Å². The van der Waals surface area contributed by atoms with Gasteiger partial charge in [0.25, 0.3) is 0 Å². The van der Waals surface area contributed by atoms with Gasteiger partial charge in [0.15, 0.2) is 10.9 Å². The molecular formula is C26H29ClFN7O2S. The number of hydrogen-bond donors (Lipinski definition) is 3. The van der Waals surface area contributed by atoms with Gasteiger partial charge in [0.2, 0.25) is 0 Å². The molecule has 0 aliphatic carbocycles. The fourth-order valence-corrected chi connectivity index (χ4v) is 6.58. The first-order chi connectivity index (χ1) is 18.3. The van der Waals surface area contributed by atoms with Gasteiger partial charge in [-0.2, -0.15) is 9.97 Å². The van der Waals surface area contributed by atoms with Crippen LogP contribution in [0.5, 0.6) is 6.01 Å². The maximum absolute atomic E-state index is 16.4. The largest absolute Gasteiger partial charge is 0.462 e. The molecule has 0 bridgehead atoms. The van der Waals surface area contributed by atoms with Gasteiger partial charge in [0.05, 0.1) is 21.3 Å². The highest BCUT2D eigenvalue weighted by atomic mass is 35.5. The fraction of sp³-hybridized carbons (Fsp3) is 0.423. The average molecular weight is 558 g/mol. The number of β-amino-alcohol motifs (C(OH)–C–C–N with tert-alkyl or cyclic N) is 1. The summed E-state index contributed by atoms with van der Waals surface area (Å²) in [5, 5.41) is 11.4. The smallest absolute Gasteiger partial charge is 0.319 e. The lowest BCUT2D eigenvalue weighted by Crippen LogP contribution is -2.49. The number of rotatable bonds is 5. The number of nitrogens with zero attached hydrogens (tertiary/aromatic N) is 5. The average Bonchev–Trinajstić information content (AvgIpc) is 3.46. The van der Waals surface area contributed by atoms with Gasteiger partial charge >= 0.3 is 6.01 Å². The summed E-state index contributed by atoms with van der Waals surface area (Å²) in [5.74, 6) is -0.164. The number of hydrogen-bond acceptors (Lipinski definition) is 10. The Morgan fingerprint density at radius 3 is 2.84 bits per heavy atom. The number of aliphatic hydroxyl groups is 1. The van der Waals surface area contributed by atoms with Crippen molar-refractivity contribution in [3.05, 3.63) is 35.1 Å². The number of nitrogens with two attached hydrogens (primary N) is 2. The zero-order valence-corrected chi connectivity index (χ0v) is 22.5. The molecule has 2 aromatic heterocycles. The number of para-hydroxylation sites is 1. The molecule has 12 heteroatoms. The Morgan fingerprint density at radius 2 is 2.08 bits per heavy atom. The number of fused-ring (bicyclic) bond motifs is 2. The molecule has 2 saturated heterocycles. The number of aromatic nitrogens is 3. The Labute approximate surface area is 228 Å². The Hall–Kier alpha value is -2.83. The Bertz CT molecular complexity index is 1510. The monoisotopic (exact) mass is 557 g/mol. The Balaban J connectivity index is 1.51. The normalized spacial score (nSPS) is 22.6. The molecule has 38 heavy (non-hydrogen) atoms. The molecule has 6 rings (SSSR count).